The van der Waals surface area contributed by atoms with Gasteiger partial charge < -0.3 is 10.6 Å². The summed E-state index contributed by atoms with van der Waals surface area (Å²) in [6, 6.07) is 4.70. The van der Waals surface area contributed by atoms with Crippen molar-refractivity contribution in [2.24, 2.45) is 11.7 Å². The average Bonchev–Trinajstić information content (AvgIpc) is 2.97. The summed E-state index contributed by atoms with van der Waals surface area (Å²) >= 11 is 6.08. The molecule has 0 unspecified atom stereocenters. The number of hydrogen-bond donors (Lipinski definition) is 1. The molecule has 23 heavy (non-hydrogen) atoms. The minimum absolute atomic E-state index is 0.114. The predicted octanol–water partition coefficient (Wildman–Crippen LogP) is 2.25. The summed E-state index contributed by atoms with van der Waals surface area (Å²) in [5.41, 5.74) is 6.83. The Bertz CT molecular complexity index is 575. The number of halogens is 2. The van der Waals surface area contributed by atoms with Crippen LogP contribution in [0.3, 0.4) is 0 Å². The van der Waals surface area contributed by atoms with Crippen LogP contribution in [-0.2, 0) is 11.3 Å². The first-order chi connectivity index (χ1) is 11.0. The molecular weight excluding hydrogens is 317 g/mol. The second-order valence-electron chi connectivity index (χ2n) is 6.61. The van der Waals surface area contributed by atoms with Gasteiger partial charge in [-0.05, 0) is 37.0 Å². The van der Waals surface area contributed by atoms with Crippen LogP contribution in [-0.4, -0.2) is 47.9 Å². The van der Waals surface area contributed by atoms with E-state index >= 15 is 0 Å². The highest BCUT2D eigenvalue weighted by Crippen LogP contribution is 2.26. The summed E-state index contributed by atoms with van der Waals surface area (Å²) in [7, 11) is 0. The smallest absolute Gasteiger partial charge is 0.225 e. The number of nitrogens with two attached hydrogens (primary N) is 1. The molecule has 0 aromatic heterocycles. The molecule has 1 aliphatic carbocycles. The molecule has 1 amide bonds. The van der Waals surface area contributed by atoms with Crippen molar-refractivity contribution >= 4 is 17.5 Å². The van der Waals surface area contributed by atoms with Crippen molar-refractivity contribution in [3.63, 3.8) is 0 Å². The largest absolute Gasteiger partial charge is 0.340 e. The number of rotatable bonds is 3. The van der Waals surface area contributed by atoms with E-state index in [4.69, 9.17) is 17.3 Å². The minimum atomic E-state index is -0.316. The van der Waals surface area contributed by atoms with Crippen molar-refractivity contribution in [1.29, 1.82) is 0 Å². The van der Waals surface area contributed by atoms with Gasteiger partial charge in [0.15, 0.2) is 0 Å². The van der Waals surface area contributed by atoms with Crippen LogP contribution < -0.4 is 5.73 Å². The first-order valence-electron chi connectivity index (χ1n) is 8.23. The van der Waals surface area contributed by atoms with Crippen molar-refractivity contribution in [3.05, 3.63) is 34.6 Å². The predicted molar refractivity (Wildman–Crippen MR) is 88.6 cm³/mol. The fourth-order valence-electron chi connectivity index (χ4n) is 3.52. The molecule has 1 aliphatic heterocycles. The van der Waals surface area contributed by atoms with Crippen LogP contribution in [0.4, 0.5) is 4.39 Å². The highest BCUT2D eigenvalue weighted by Gasteiger charge is 2.32. The van der Waals surface area contributed by atoms with Crippen LogP contribution >= 0.6 is 11.6 Å². The summed E-state index contributed by atoms with van der Waals surface area (Å²) in [4.78, 5) is 16.7. The van der Waals surface area contributed by atoms with Crippen molar-refractivity contribution < 1.29 is 9.18 Å². The van der Waals surface area contributed by atoms with Crippen LogP contribution in [0.1, 0.15) is 24.8 Å². The molecule has 126 valence electrons. The third kappa shape index (κ3) is 4.03. The number of carbonyl (C=O) groups excluding carboxylic acids is 1. The summed E-state index contributed by atoms with van der Waals surface area (Å²) < 4.78 is 13.1. The minimum Gasteiger partial charge on any atom is -0.340 e. The first kappa shape index (κ1) is 16.7. The number of piperazine rings is 1. The maximum absolute atomic E-state index is 13.1. The third-order valence-corrected chi connectivity index (χ3v) is 5.27. The summed E-state index contributed by atoms with van der Waals surface area (Å²) in [5.74, 6) is 0.0597. The molecule has 0 bridgehead atoms. The van der Waals surface area contributed by atoms with Crippen LogP contribution in [0.5, 0.6) is 0 Å². The maximum Gasteiger partial charge on any atom is 0.225 e. The number of amides is 1. The summed E-state index contributed by atoms with van der Waals surface area (Å²) in [5, 5.41) is 0.462. The Morgan fingerprint density at radius 2 is 2.00 bits per heavy atom. The molecule has 2 fully saturated rings. The molecule has 1 saturated carbocycles. The van der Waals surface area contributed by atoms with E-state index in [-0.39, 0.29) is 23.7 Å². The molecule has 3 rings (SSSR count). The zero-order valence-electron chi connectivity index (χ0n) is 13.2. The molecule has 1 saturated heterocycles. The lowest BCUT2D eigenvalue weighted by Crippen LogP contribution is -2.49. The Labute approximate surface area is 141 Å². The lowest BCUT2D eigenvalue weighted by Gasteiger charge is -2.36. The molecule has 1 aromatic rings. The summed E-state index contributed by atoms with van der Waals surface area (Å²) in [6.07, 6.45) is 2.70. The Kier molecular flexibility index (Phi) is 5.19. The zero-order valence-corrected chi connectivity index (χ0v) is 13.9. The Morgan fingerprint density at radius 3 is 2.61 bits per heavy atom. The Morgan fingerprint density at radius 1 is 1.26 bits per heavy atom. The van der Waals surface area contributed by atoms with Gasteiger partial charge in [-0.1, -0.05) is 17.7 Å². The van der Waals surface area contributed by atoms with E-state index in [1.165, 1.54) is 12.1 Å². The van der Waals surface area contributed by atoms with E-state index in [0.29, 0.717) is 11.6 Å². The number of hydrogen-bond acceptors (Lipinski definition) is 3. The van der Waals surface area contributed by atoms with Crippen molar-refractivity contribution in [3.8, 4) is 0 Å². The van der Waals surface area contributed by atoms with Crippen molar-refractivity contribution in [1.82, 2.24) is 9.80 Å². The van der Waals surface area contributed by atoms with Crippen LogP contribution in [0.2, 0.25) is 5.02 Å². The second-order valence-corrected chi connectivity index (χ2v) is 7.01. The van der Waals surface area contributed by atoms with Gasteiger partial charge in [0.1, 0.15) is 5.82 Å². The molecule has 2 atom stereocenters. The highest BCUT2D eigenvalue weighted by molar-refractivity contribution is 6.31. The number of carbonyl (C=O) groups is 1. The lowest BCUT2D eigenvalue weighted by molar-refractivity contribution is -0.137. The van der Waals surface area contributed by atoms with Gasteiger partial charge in [-0.15, -0.1) is 0 Å². The van der Waals surface area contributed by atoms with Crippen LogP contribution in [0.15, 0.2) is 18.2 Å². The Hall–Kier alpha value is -1.17. The quantitative estimate of drug-likeness (QED) is 0.919. The van der Waals surface area contributed by atoms with Gasteiger partial charge in [0.2, 0.25) is 5.91 Å². The van der Waals surface area contributed by atoms with Crippen molar-refractivity contribution in [2.75, 3.05) is 26.2 Å². The van der Waals surface area contributed by atoms with Gasteiger partial charge in [0, 0.05) is 49.7 Å². The van der Waals surface area contributed by atoms with Crippen molar-refractivity contribution in [2.45, 2.75) is 31.8 Å². The third-order valence-electron chi connectivity index (χ3n) is 4.92. The van der Waals surface area contributed by atoms with E-state index in [2.05, 4.69) is 4.90 Å². The van der Waals surface area contributed by atoms with E-state index in [9.17, 15) is 9.18 Å². The van der Waals surface area contributed by atoms with Gasteiger partial charge in [0.05, 0.1) is 0 Å². The molecule has 4 nitrogen and oxygen atoms in total. The Balaban J connectivity index is 1.51. The first-order valence-corrected chi connectivity index (χ1v) is 8.61. The molecule has 0 radical (unpaired) electrons. The second kappa shape index (κ2) is 7.16. The van der Waals surface area contributed by atoms with Gasteiger partial charge >= 0.3 is 0 Å². The van der Waals surface area contributed by atoms with Crippen LogP contribution in [0, 0.1) is 11.7 Å². The SMILES string of the molecule is N[C@@H]1CC[C@@H](C(=O)N2CCN(Cc3ccc(F)cc3Cl)CC2)C1. The zero-order chi connectivity index (χ0) is 16.4. The number of nitrogens with zero attached hydrogens (tertiary/aromatic N) is 2. The molecule has 2 N–H and O–H groups in total. The van der Waals surface area contributed by atoms with E-state index in [0.717, 1.165) is 51.0 Å². The molecule has 0 spiro atoms. The van der Waals surface area contributed by atoms with Gasteiger partial charge in [0.25, 0.3) is 0 Å². The molecule has 1 heterocycles. The molecule has 1 aromatic carbocycles. The van der Waals surface area contributed by atoms with E-state index in [1.807, 2.05) is 4.90 Å². The lowest BCUT2D eigenvalue weighted by atomic mass is 10.1. The van der Waals surface area contributed by atoms with E-state index in [1.54, 1.807) is 6.07 Å². The van der Waals surface area contributed by atoms with E-state index < -0.39 is 0 Å². The average molecular weight is 340 g/mol. The topological polar surface area (TPSA) is 49.6 Å². The molecule has 2 aliphatic rings. The van der Waals surface area contributed by atoms with Crippen LogP contribution in [0.25, 0.3) is 0 Å². The highest BCUT2D eigenvalue weighted by atomic mass is 35.5. The van der Waals surface area contributed by atoms with Gasteiger partial charge in [-0.25, -0.2) is 4.39 Å². The normalized spacial score (nSPS) is 25.8. The molecular formula is C17H23ClFN3O. The van der Waals surface area contributed by atoms with Gasteiger partial charge in [-0.2, -0.15) is 0 Å². The fraction of sp³-hybridized carbons (Fsp3) is 0.588. The monoisotopic (exact) mass is 339 g/mol. The van der Waals surface area contributed by atoms with Gasteiger partial charge in [-0.3, -0.25) is 9.69 Å². The summed E-state index contributed by atoms with van der Waals surface area (Å²) in [6.45, 7) is 3.80. The molecule has 6 heteroatoms. The maximum atomic E-state index is 13.1. The fourth-order valence-corrected chi connectivity index (χ4v) is 3.74. The number of benzene rings is 1. The standard InChI is InChI=1S/C17H23ClFN3O/c18-16-10-14(19)3-1-13(16)11-21-5-7-22(8-6-21)17(23)12-2-4-15(20)9-12/h1,3,10,12,15H,2,4-9,11,20H2/t12-,15-/m1/s1.